The molecule has 12 heterocycles. The van der Waals surface area contributed by atoms with Gasteiger partial charge in [-0.15, -0.1) is 0 Å². The predicted molar refractivity (Wildman–Crippen MR) is 517 cm³/mol. The molecule has 4 aromatic heterocycles. The highest BCUT2D eigenvalue weighted by Gasteiger charge is 2.53. The Morgan fingerprint density at radius 2 is 0.932 bits per heavy atom. The predicted octanol–water partition coefficient (Wildman–Crippen LogP) is 1.90. The number of alkyl carbamates (subject to hydrolysis) is 2. The number of aliphatic hydroxyl groups is 2. The van der Waals surface area contributed by atoms with Gasteiger partial charge in [-0.05, 0) is 139 Å². The van der Waals surface area contributed by atoms with Crippen molar-refractivity contribution >= 4 is 169 Å². The van der Waals surface area contributed by atoms with Gasteiger partial charge < -0.3 is 129 Å². The van der Waals surface area contributed by atoms with Gasteiger partial charge in [-0.3, -0.25) is 27.8 Å². The van der Waals surface area contributed by atoms with Gasteiger partial charge in [-0.2, -0.15) is 8.62 Å². The summed E-state index contributed by atoms with van der Waals surface area (Å²) in [6, 6.07) is 15.3. The fraction of sp³-hybridized carbons (Fsp3) is 0.525. The number of phosphoric ester groups is 2. The molecule has 8 aliphatic rings. The number of phosphoric acid groups is 4. The van der Waals surface area contributed by atoms with E-state index in [9.17, 15) is 113 Å². The van der Waals surface area contributed by atoms with Gasteiger partial charge in [-0.25, -0.2) is 102 Å². The Kier molecular flexibility index (Phi) is 33.4. The minimum Gasteiger partial charge on any atom is -0.748 e. The average Bonchev–Trinajstić information content (AvgIpc) is 0.972. The van der Waals surface area contributed by atoms with Crippen LogP contribution in [0.5, 0.6) is 23.0 Å². The van der Waals surface area contributed by atoms with Crippen LogP contribution in [0, 0.1) is 0 Å². The second kappa shape index (κ2) is 44.0. The summed E-state index contributed by atoms with van der Waals surface area (Å²) < 4.78 is 190. The van der Waals surface area contributed by atoms with Crippen LogP contribution >= 0.6 is 44.7 Å². The maximum atomic E-state index is 13.1. The van der Waals surface area contributed by atoms with Crippen molar-refractivity contribution in [2.45, 2.75) is 178 Å². The van der Waals surface area contributed by atoms with Crippen LogP contribution in [0.1, 0.15) is 139 Å². The van der Waals surface area contributed by atoms with E-state index in [0.29, 0.717) is 106 Å². The third-order valence-electron chi connectivity index (χ3n) is 24.9. The number of rotatable bonds is 38. The number of nitrogen functional groups attached to an aromatic ring is 2. The molecular weight excluding hydrogens is 2130 g/mol. The van der Waals surface area contributed by atoms with Crippen LogP contribution in [0.4, 0.5) is 44.0 Å². The number of nitrogens with one attached hydrogen (secondary N) is 4. The molecule has 2 fully saturated rings. The normalized spacial score (nSPS) is 22.9. The number of benzene rings is 4. The van der Waals surface area contributed by atoms with Crippen LogP contribution in [0.25, 0.3) is 22.3 Å². The van der Waals surface area contributed by atoms with Crippen molar-refractivity contribution in [2.24, 2.45) is 9.98 Å². The molecule has 18 N–H and O–H groups in total. The summed E-state index contributed by atoms with van der Waals surface area (Å²) in [4.78, 5) is 167. The molecule has 66 heteroatoms. The number of carbonyl (C=O) groups is 4. The Bertz CT molecular complexity index is 7280. The number of aliphatic hydroxyl groups excluding tert-OH is 2. The lowest BCUT2D eigenvalue weighted by atomic mass is 9.79. The van der Waals surface area contributed by atoms with Gasteiger partial charge >= 0.3 is 56.9 Å². The standard InChI is InChI=1S/2C40H53N10O18P3S2/c1-4-48-11-5-7-22-13-25-29(15-27(22)48)64-30-16-28-24(14-26(30)47-25)23(19-73(60,61)62)17-40(2,3)50(28)12-6-8-32(51)42-9-10-43-39(53)66-35-31(18-63-69(54,55)67-70(56,57)68-71(58,59)72)65-38(34(35)52)49-21-46-33-36(41)44-20-45-37(33)49;1-4-48-11-5-7-22-13-25-29(15-27(22)48)64-30-16-28-24(14-26(30)47-25)23(19-73(60,61)62)17-40(2,3)50(28)12-6-8-32(51)42-9-10-43-39(53)66-35-34(52)31(18-63-69(54,55)67-70(56,57)68-71(58,59)72)65-38(35)49-21-46-33-36(41)44-20-45-37(33)49/h2*13-16,20-21,23,31,34-35,38,52H,4-12,17-19H2,1-3H3,(H8-,41,42,43,44,45,51,53,54,55,56,57,58,59,60,61,62,72)/t2*23?,31-,34-,35-,38-/m11/s1. The van der Waals surface area contributed by atoms with Gasteiger partial charge in [0.15, 0.2) is 70.6 Å². The van der Waals surface area contributed by atoms with Gasteiger partial charge in [0.2, 0.25) is 22.5 Å². The molecule has 6 unspecified atom stereocenters. The van der Waals surface area contributed by atoms with Crippen LogP contribution in [-0.2, 0) is 130 Å². The van der Waals surface area contributed by atoms with Crippen LogP contribution < -0.4 is 82.6 Å². The quantitative estimate of drug-likeness (QED) is 0.0114. The number of aromatic nitrogens is 8. The zero-order valence-electron chi connectivity index (χ0n) is 78.5. The number of amides is 4. The summed E-state index contributed by atoms with van der Waals surface area (Å²) in [7, 11) is -31.8. The van der Waals surface area contributed by atoms with E-state index in [2.05, 4.69) is 125 Å². The Morgan fingerprint density at radius 3 is 1.35 bits per heavy atom. The molecule has 2 saturated heterocycles. The number of hydrogen-bond acceptors (Lipinski definition) is 42. The third kappa shape index (κ3) is 27.0. The van der Waals surface area contributed by atoms with Crippen molar-refractivity contribution in [3.05, 3.63) is 118 Å². The lowest BCUT2D eigenvalue weighted by Gasteiger charge is -2.48. The fourth-order valence-corrected chi connectivity index (χ4v) is 28.1. The Balaban J connectivity index is 0.000000219. The van der Waals surface area contributed by atoms with Crippen molar-refractivity contribution in [3.63, 3.8) is 0 Å². The molecule has 8 aliphatic heterocycles. The number of hydrogen-bond donors (Lipinski definition) is 16. The highest BCUT2D eigenvalue weighted by Crippen LogP contribution is 2.68. The van der Waals surface area contributed by atoms with Gasteiger partial charge in [0, 0.05) is 134 Å². The van der Waals surface area contributed by atoms with E-state index in [-0.39, 0.29) is 84.8 Å². The molecule has 14 atom stereocenters. The topological polar surface area (TPSA) is 789 Å². The van der Waals surface area contributed by atoms with E-state index in [1.807, 2.05) is 64.1 Å². The number of imidazole rings is 2. The molecule has 4 amide bonds. The summed E-state index contributed by atoms with van der Waals surface area (Å²) in [5.74, 6) is -1.15. The van der Waals surface area contributed by atoms with E-state index in [0.717, 1.165) is 75.2 Å². The maximum absolute atomic E-state index is 13.1. The molecule has 146 heavy (non-hydrogen) atoms. The number of nitrogens with zero attached hydrogens (tertiary/aromatic N) is 14. The van der Waals surface area contributed by atoms with Crippen LogP contribution in [0.2, 0.25) is 0 Å². The van der Waals surface area contributed by atoms with Gasteiger partial charge in [-0.1, -0.05) is 0 Å². The first kappa shape index (κ1) is 111. The summed E-state index contributed by atoms with van der Waals surface area (Å²) in [6.45, 7) is 3.85. The number of anilines is 4. The summed E-state index contributed by atoms with van der Waals surface area (Å²) in [5.41, 5.74) is 16.8. The van der Waals surface area contributed by atoms with Crippen molar-refractivity contribution in [1.29, 1.82) is 0 Å². The zero-order chi connectivity index (χ0) is 106. The fourth-order valence-electron chi connectivity index (χ4n) is 18.9. The second-order valence-electron chi connectivity index (χ2n) is 36.2. The number of carbonyl (C=O) groups excluding carboxylic acids is 4. The van der Waals surface area contributed by atoms with Gasteiger partial charge in [0.05, 0.1) is 58.2 Å². The Labute approximate surface area is 841 Å². The number of fused-ring (bicyclic) bond motifs is 10. The van der Waals surface area contributed by atoms with Crippen molar-refractivity contribution in [3.8, 4) is 23.0 Å². The van der Waals surface area contributed by atoms with Crippen molar-refractivity contribution in [1.82, 2.24) is 69.5 Å². The molecule has 0 bridgehead atoms. The zero-order valence-corrected chi connectivity index (χ0v) is 87.1. The number of aryl methyl sites for hydroxylation is 2. The van der Waals surface area contributed by atoms with Gasteiger partial charge in [0.1, 0.15) is 96.4 Å². The molecule has 8 aromatic rings. The smallest absolute Gasteiger partial charge is 0.488 e. The minimum atomic E-state index is -5.69. The average molecular weight is 2240 g/mol. The lowest BCUT2D eigenvalue weighted by Crippen LogP contribution is -2.50. The maximum Gasteiger partial charge on any atom is 0.488 e. The molecule has 0 radical (unpaired) electrons. The molecule has 0 aliphatic carbocycles. The largest absolute Gasteiger partial charge is 0.748 e. The molecule has 16 rings (SSSR count). The van der Waals surface area contributed by atoms with E-state index >= 15 is 0 Å². The molecule has 0 spiro atoms. The van der Waals surface area contributed by atoms with E-state index < -0.39 is 174 Å². The molecule has 0 saturated carbocycles. The van der Waals surface area contributed by atoms with Crippen LogP contribution in [0.3, 0.4) is 0 Å². The minimum absolute atomic E-state index is 0.0247. The Hall–Kier alpha value is -9.22. The van der Waals surface area contributed by atoms with Crippen molar-refractivity contribution < 1.29 is 167 Å². The lowest BCUT2D eigenvalue weighted by molar-refractivity contribution is -0.121. The number of nitrogens with two attached hydrogens (primary N) is 2. The van der Waals surface area contributed by atoms with E-state index in [4.69, 9.17) is 58.9 Å². The second-order valence-corrected chi connectivity index (χ2v) is 50.8. The van der Waals surface area contributed by atoms with E-state index in [1.165, 1.54) is 32.9 Å². The van der Waals surface area contributed by atoms with E-state index in [1.54, 1.807) is 12.1 Å². The first-order chi connectivity index (χ1) is 68.4. The number of ether oxygens (including phenoxy) is 6. The highest BCUT2D eigenvalue weighted by molar-refractivity contribution is 8.08. The molecule has 4 aromatic carbocycles. The Morgan fingerprint density at radius 1 is 0.527 bits per heavy atom. The summed E-state index contributed by atoms with van der Waals surface area (Å²) in [5, 5.41) is 36.4. The van der Waals surface area contributed by atoms with Crippen LogP contribution in [0.15, 0.2) is 83.8 Å². The third-order valence-corrected chi connectivity index (χ3v) is 35.4. The summed E-state index contributed by atoms with van der Waals surface area (Å²) >= 11 is 8.18. The first-order valence-corrected chi connectivity index (χ1v) is 59.7. The first-order valence-electron chi connectivity index (χ1n) is 45.3. The SMILES string of the molecule is CC[N+]1=c2cc3c(cc2CCC1)=Nc1cc2c(cc1O3)N(CCCC(=O)NCCNC(=O)O[C@@H]1[C@H](O)[C@@H](COP(=O)(O)OP(=O)(O)OP(O)(O)=S)O[C@H]1n1cnc3c(N)ncnc31)C(C)(C)CC2CS(=O)(=O)[O-].CC[N+]1=c2cc3c(cc2CCC1)=Nc1cc2c(cc1O3)N(CCCC(=O)NCCNC(=O)O[C@H]1[C@@H](O)[C@H](n3cnc4c(N)ncnc43)O[C@@H]1COP(=O)(O)OP(=O)(O)OP(O)(O)=S)C(C)(C)CC2CS(=O)(=O)[O-]. The summed E-state index contributed by atoms with van der Waals surface area (Å²) in [6.07, 6.45) is -5.53. The van der Waals surface area contributed by atoms with Gasteiger partial charge in [0.25, 0.3) is 0 Å². The van der Waals surface area contributed by atoms with Crippen LogP contribution in [-0.4, -0.2) is 276 Å². The molecule has 56 nitrogen and oxygen atoms in total. The molecule has 796 valence electrons. The molecular formula is C80H106N20O36P6S4. The monoisotopic (exact) mass is 2240 g/mol. The van der Waals surface area contributed by atoms with Crippen molar-refractivity contribution in [2.75, 3.05) is 111 Å². The highest BCUT2D eigenvalue weighted by atomic mass is 32.5.